The number of nitrogens with one attached hydrogen (secondary N) is 1. The van der Waals surface area contributed by atoms with Crippen LogP contribution in [-0.4, -0.2) is 60.0 Å². The number of carbonyl (C=O) groups is 1. The number of benzene rings is 2. The average molecular weight is 440 g/mol. The second-order valence-electron chi connectivity index (χ2n) is 7.79. The number of amides is 1. The van der Waals surface area contributed by atoms with E-state index in [9.17, 15) is 14.9 Å². The van der Waals surface area contributed by atoms with Crippen molar-refractivity contribution in [3.63, 3.8) is 0 Å². The Balaban J connectivity index is 1.27. The Morgan fingerprint density at radius 3 is 2.61 bits per heavy atom. The first kappa shape index (κ1) is 21.2. The fraction of sp³-hybridized carbons (Fsp3) is 0.364. The van der Waals surface area contributed by atoms with Crippen LogP contribution in [0.3, 0.4) is 0 Å². The number of nitro benzene ring substituents is 1. The topological polar surface area (TPSA) is 91.6 Å². The van der Waals surface area contributed by atoms with Gasteiger partial charge in [0.2, 0.25) is 0 Å². The van der Waals surface area contributed by atoms with E-state index in [1.807, 2.05) is 32.0 Å². The highest BCUT2D eigenvalue weighted by atomic mass is 32.1. The zero-order chi connectivity index (χ0) is 22.0. The van der Waals surface area contributed by atoms with Gasteiger partial charge in [-0.25, -0.2) is 4.98 Å². The molecule has 0 radical (unpaired) electrons. The number of nitro groups is 1. The van der Waals surface area contributed by atoms with Gasteiger partial charge in [-0.3, -0.25) is 19.8 Å². The van der Waals surface area contributed by atoms with Crippen molar-refractivity contribution in [1.82, 2.24) is 15.2 Å². The number of hydrogen-bond donors (Lipinski definition) is 1. The number of anilines is 1. The molecule has 8 nitrogen and oxygen atoms in total. The van der Waals surface area contributed by atoms with Gasteiger partial charge in [0, 0.05) is 57.0 Å². The van der Waals surface area contributed by atoms with E-state index >= 15 is 0 Å². The van der Waals surface area contributed by atoms with Gasteiger partial charge in [0.1, 0.15) is 0 Å². The molecule has 2 aromatic carbocycles. The Hall–Kier alpha value is -3.04. The number of carbonyl (C=O) groups excluding carboxylic acids is 1. The third-order valence-corrected chi connectivity index (χ3v) is 6.78. The van der Waals surface area contributed by atoms with Crippen LogP contribution in [0.2, 0.25) is 0 Å². The number of aromatic nitrogens is 1. The lowest BCUT2D eigenvalue weighted by atomic mass is 10.1. The van der Waals surface area contributed by atoms with Gasteiger partial charge in [0.25, 0.3) is 11.6 Å². The maximum atomic E-state index is 12.4. The SMILES string of the molecule is Cc1ccc(C(=O)NCCN2CCN(c3nc4ccc([N+](=O)[O-])cc4s3)CC2)cc1C. The number of piperazine rings is 1. The lowest BCUT2D eigenvalue weighted by Gasteiger charge is -2.34. The first-order valence-corrected chi connectivity index (χ1v) is 11.1. The molecule has 1 fully saturated rings. The van der Waals surface area contributed by atoms with Crippen LogP contribution < -0.4 is 10.2 Å². The zero-order valence-corrected chi connectivity index (χ0v) is 18.4. The fourth-order valence-corrected chi connectivity index (χ4v) is 4.68. The molecule has 0 spiro atoms. The minimum Gasteiger partial charge on any atom is -0.351 e. The van der Waals surface area contributed by atoms with Crippen LogP contribution in [-0.2, 0) is 0 Å². The highest BCUT2D eigenvalue weighted by Crippen LogP contribution is 2.31. The van der Waals surface area contributed by atoms with E-state index in [4.69, 9.17) is 0 Å². The predicted octanol–water partition coefficient (Wildman–Crippen LogP) is 3.37. The molecule has 2 heterocycles. The lowest BCUT2D eigenvalue weighted by molar-refractivity contribution is -0.384. The van der Waals surface area contributed by atoms with E-state index in [2.05, 4.69) is 20.1 Å². The number of rotatable bonds is 6. The second kappa shape index (κ2) is 8.99. The summed E-state index contributed by atoms with van der Waals surface area (Å²) in [5.74, 6) is -0.0368. The van der Waals surface area contributed by atoms with Gasteiger partial charge in [0.15, 0.2) is 5.13 Å². The summed E-state index contributed by atoms with van der Waals surface area (Å²) in [5.41, 5.74) is 3.88. The van der Waals surface area contributed by atoms with Crippen LogP contribution in [0.15, 0.2) is 36.4 Å². The van der Waals surface area contributed by atoms with Crippen molar-refractivity contribution >= 4 is 38.3 Å². The fourth-order valence-electron chi connectivity index (χ4n) is 3.62. The molecule has 0 unspecified atom stereocenters. The van der Waals surface area contributed by atoms with Crippen LogP contribution in [0.1, 0.15) is 21.5 Å². The molecular formula is C22H25N5O3S. The maximum absolute atomic E-state index is 12.4. The Morgan fingerprint density at radius 1 is 1.13 bits per heavy atom. The van der Waals surface area contributed by atoms with E-state index < -0.39 is 0 Å². The molecule has 3 aromatic rings. The smallest absolute Gasteiger partial charge is 0.270 e. The summed E-state index contributed by atoms with van der Waals surface area (Å²) >= 11 is 1.49. The van der Waals surface area contributed by atoms with Crippen molar-refractivity contribution in [3.05, 3.63) is 63.2 Å². The molecule has 1 aliphatic rings. The Kier molecular flexibility index (Phi) is 6.15. The molecule has 31 heavy (non-hydrogen) atoms. The molecule has 1 aliphatic heterocycles. The van der Waals surface area contributed by atoms with Gasteiger partial charge in [-0.15, -0.1) is 0 Å². The van der Waals surface area contributed by atoms with Gasteiger partial charge in [-0.1, -0.05) is 17.4 Å². The van der Waals surface area contributed by atoms with E-state index in [-0.39, 0.29) is 16.5 Å². The average Bonchev–Trinajstić information content (AvgIpc) is 3.19. The molecule has 0 aliphatic carbocycles. The number of aryl methyl sites for hydroxylation is 2. The highest BCUT2D eigenvalue weighted by molar-refractivity contribution is 7.22. The van der Waals surface area contributed by atoms with Gasteiger partial charge in [0.05, 0.1) is 15.1 Å². The normalized spacial score (nSPS) is 14.7. The van der Waals surface area contributed by atoms with E-state index in [1.165, 1.54) is 23.0 Å². The minimum atomic E-state index is -0.379. The molecule has 1 N–H and O–H groups in total. The second-order valence-corrected chi connectivity index (χ2v) is 8.80. The molecule has 1 amide bonds. The first-order chi connectivity index (χ1) is 14.9. The third kappa shape index (κ3) is 4.83. The van der Waals surface area contributed by atoms with Crippen LogP contribution in [0.5, 0.6) is 0 Å². The standard InChI is InChI=1S/C22H25N5O3S/c1-15-3-4-17(13-16(15)2)21(28)23-7-8-25-9-11-26(12-10-25)22-24-19-6-5-18(27(29)30)14-20(19)31-22/h3-6,13-14H,7-12H2,1-2H3,(H,23,28). The molecular weight excluding hydrogens is 414 g/mol. The van der Waals surface area contributed by atoms with Crippen LogP contribution >= 0.6 is 11.3 Å². The Bertz CT molecular complexity index is 1120. The van der Waals surface area contributed by atoms with Gasteiger partial charge in [-0.2, -0.15) is 0 Å². The summed E-state index contributed by atoms with van der Waals surface area (Å²) in [4.78, 5) is 32.1. The molecule has 1 saturated heterocycles. The monoisotopic (exact) mass is 439 g/mol. The zero-order valence-electron chi connectivity index (χ0n) is 17.6. The molecule has 0 atom stereocenters. The maximum Gasteiger partial charge on any atom is 0.270 e. The van der Waals surface area contributed by atoms with Crippen LogP contribution in [0.25, 0.3) is 10.2 Å². The summed E-state index contributed by atoms with van der Waals surface area (Å²) < 4.78 is 0.834. The van der Waals surface area contributed by atoms with Crippen molar-refractivity contribution in [2.45, 2.75) is 13.8 Å². The highest BCUT2D eigenvalue weighted by Gasteiger charge is 2.20. The molecule has 4 rings (SSSR count). The minimum absolute atomic E-state index is 0.0368. The van der Waals surface area contributed by atoms with Crippen molar-refractivity contribution in [1.29, 1.82) is 0 Å². The van der Waals surface area contributed by atoms with Crippen molar-refractivity contribution < 1.29 is 9.72 Å². The number of non-ortho nitro benzene ring substituents is 1. The summed E-state index contributed by atoms with van der Waals surface area (Å²) in [7, 11) is 0. The summed E-state index contributed by atoms with van der Waals surface area (Å²) in [6.07, 6.45) is 0. The largest absolute Gasteiger partial charge is 0.351 e. The summed E-state index contributed by atoms with van der Waals surface area (Å²) in [6, 6.07) is 10.6. The van der Waals surface area contributed by atoms with Crippen LogP contribution in [0.4, 0.5) is 10.8 Å². The Morgan fingerprint density at radius 2 is 1.90 bits per heavy atom. The molecule has 0 bridgehead atoms. The van der Waals surface area contributed by atoms with Gasteiger partial charge < -0.3 is 10.2 Å². The Labute approximate surface area is 184 Å². The molecule has 1 aromatic heterocycles. The molecule has 9 heteroatoms. The number of nitrogens with zero attached hydrogens (tertiary/aromatic N) is 4. The molecule has 0 saturated carbocycles. The van der Waals surface area contributed by atoms with Crippen molar-refractivity contribution in [2.75, 3.05) is 44.2 Å². The van der Waals surface area contributed by atoms with E-state index in [0.29, 0.717) is 12.1 Å². The van der Waals surface area contributed by atoms with Crippen LogP contribution in [0, 0.1) is 24.0 Å². The number of fused-ring (bicyclic) bond motifs is 1. The van der Waals surface area contributed by atoms with Gasteiger partial charge >= 0.3 is 0 Å². The van der Waals surface area contributed by atoms with Crippen molar-refractivity contribution in [2.24, 2.45) is 0 Å². The third-order valence-electron chi connectivity index (χ3n) is 5.70. The summed E-state index contributed by atoms with van der Waals surface area (Å²) in [5, 5.41) is 14.9. The van der Waals surface area contributed by atoms with Crippen molar-refractivity contribution in [3.8, 4) is 0 Å². The summed E-state index contributed by atoms with van der Waals surface area (Å²) in [6.45, 7) is 8.91. The number of thiazole rings is 1. The van der Waals surface area contributed by atoms with Gasteiger partial charge in [-0.05, 0) is 43.2 Å². The first-order valence-electron chi connectivity index (χ1n) is 10.3. The lowest BCUT2D eigenvalue weighted by Crippen LogP contribution is -2.48. The predicted molar refractivity (Wildman–Crippen MR) is 123 cm³/mol. The molecule has 162 valence electrons. The van der Waals surface area contributed by atoms with E-state index in [0.717, 1.165) is 53.6 Å². The quantitative estimate of drug-likeness (QED) is 0.468. The number of hydrogen-bond acceptors (Lipinski definition) is 7. The van der Waals surface area contributed by atoms with E-state index in [1.54, 1.807) is 12.1 Å².